The van der Waals surface area contributed by atoms with Crippen molar-refractivity contribution in [1.82, 2.24) is 19.6 Å². The van der Waals surface area contributed by atoms with E-state index in [0.717, 1.165) is 18.2 Å². The Kier molecular flexibility index (Phi) is 4.04. The third kappa shape index (κ3) is 2.93. The van der Waals surface area contributed by atoms with Gasteiger partial charge in [-0.1, -0.05) is 0 Å². The van der Waals surface area contributed by atoms with Crippen LogP contribution in [-0.4, -0.2) is 39.4 Å². The third-order valence-electron chi connectivity index (χ3n) is 5.17. The maximum Gasteiger partial charge on any atom is 0.215 e. The summed E-state index contributed by atoms with van der Waals surface area (Å²) >= 11 is 0. The Bertz CT molecular complexity index is 1230. The molecule has 0 spiro atoms. The lowest BCUT2D eigenvalue weighted by Gasteiger charge is -2.26. The summed E-state index contributed by atoms with van der Waals surface area (Å²) in [7, 11) is 1.52. The molecule has 1 aliphatic heterocycles. The Morgan fingerprint density at radius 1 is 1.10 bits per heavy atom. The zero-order chi connectivity index (χ0) is 20.1. The standard InChI is InChI=1S/C20H16F3N5O/c1-29-18-5-3-13-19(25-18)26-28-7-6-17(24-20(13)28)27-10-12(22)9-16(27)14-8-11(21)2-4-15(14)23/h2-8,12,16H,9-10H2,1H3/t12-,16+/m0/s1. The Balaban J connectivity index is 1.61. The van der Waals surface area contributed by atoms with Crippen LogP contribution in [0.2, 0.25) is 0 Å². The summed E-state index contributed by atoms with van der Waals surface area (Å²) in [6.07, 6.45) is 0.579. The lowest BCUT2D eigenvalue weighted by atomic mass is 10.0. The van der Waals surface area contributed by atoms with Crippen LogP contribution in [0.25, 0.3) is 16.7 Å². The van der Waals surface area contributed by atoms with Crippen LogP contribution < -0.4 is 9.64 Å². The molecule has 1 aliphatic rings. The fourth-order valence-corrected chi connectivity index (χ4v) is 3.83. The van der Waals surface area contributed by atoms with Crippen molar-refractivity contribution in [3.63, 3.8) is 0 Å². The van der Waals surface area contributed by atoms with Crippen LogP contribution in [0.4, 0.5) is 19.0 Å². The van der Waals surface area contributed by atoms with Crippen LogP contribution >= 0.6 is 0 Å². The van der Waals surface area contributed by atoms with Gasteiger partial charge in [-0.25, -0.2) is 22.7 Å². The number of aromatic nitrogens is 4. The van der Waals surface area contributed by atoms with Crippen molar-refractivity contribution >= 4 is 22.5 Å². The highest BCUT2D eigenvalue weighted by atomic mass is 19.1. The molecule has 29 heavy (non-hydrogen) atoms. The first kappa shape index (κ1) is 17.7. The van der Waals surface area contributed by atoms with Crippen LogP contribution in [0.15, 0.2) is 42.6 Å². The first-order valence-electron chi connectivity index (χ1n) is 9.09. The number of pyridine rings is 1. The van der Waals surface area contributed by atoms with Crippen molar-refractivity contribution in [2.45, 2.75) is 18.6 Å². The highest BCUT2D eigenvalue weighted by Crippen LogP contribution is 2.38. The van der Waals surface area contributed by atoms with E-state index < -0.39 is 23.8 Å². The second-order valence-corrected chi connectivity index (χ2v) is 6.95. The highest BCUT2D eigenvalue weighted by molar-refractivity contribution is 5.90. The maximum absolute atomic E-state index is 14.4. The van der Waals surface area contributed by atoms with E-state index in [1.54, 1.807) is 33.8 Å². The second kappa shape index (κ2) is 6.61. The Labute approximate surface area is 163 Å². The number of benzene rings is 1. The zero-order valence-corrected chi connectivity index (χ0v) is 15.4. The van der Waals surface area contributed by atoms with Gasteiger partial charge in [0.15, 0.2) is 11.3 Å². The Morgan fingerprint density at radius 3 is 2.79 bits per heavy atom. The van der Waals surface area contributed by atoms with Gasteiger partial charge in [0.2, 0.25) is 5.88 Å². The number of anilines is 1. The normalized spacial score (nSPS) is 19.4. The minimum atomic E-state index is -1.17. The number of ether oxygens (including phenoxy) is 1. The highest BCUT2D eigenvalue weighted by Gasteiger charge is 2.36. The van der Waals surface area contributed by atoms with Crippen LogP contribution in [0.1, 0.15) is 18.0 Å². The summed E-state index contributed by atoms with van der Waals surface area (Å²) in [5.74, 6) is -0.233. The molecule has 1 fully saturated rings. The van der Waals surface area contributed by atoms with Crippen molar-refractivity contribution in [3.05, 3.63) is 59.8 Å². The first-order valence-corrected chi connectivity index (χ1v) is 9.09. The Hall–Kier alpha value is -3.36. The molecular formula is C20H16F3N5O. The number of hydrogen-bond donors (Lipinski definition) is 0. The Morgan fingerprint density at radius 2 is 1.97 bits per heavy atom. The van der Waals surface area contributed by atoms with Crippen LogP contribution in [0.3, 0.4) is 0 Å². The summed E-state index contributed by atoms with van der Waals surface area (Å²) in [5.41, 5.74) is 1.12. The molecule has 0 bridgehead atoms. The molecule has 0 N–H and O–H groups in total. The minimum absolute atomic E-state index is 0.0436. The average molecular weight is 399 g/mol. The predicted octanol–water partition coefficient (Wildman–Crippen LogP) is 3.85. The number of methoxy groups -OCH3 is 1. The summed E-state index contributed by atoms with van der Waals surface area (Å²) in [6.45, 7) is 0.0436. The van der Waals surface area contributed by atoms with Crippen molar-refractivity contribution < 1.29 is 17.9 Å². The largest absolute Gasteiger partial charge is 0.481 e. The molecule has 4 heterocycles. The van der Waals surface area contributed by atoms with Crippen LogP contribution in [-0.2, 0) is 0 Å². The molecule has 148 valence electrons. The second-order valence-electron chi connectivity index (χ2n) is 6.95. The monoisotopic (exact) mass is 399 g/mol. The first-order chi connectivity index (χ1) is 14.0. The van der Waals surface area contributed by atoms with Crippen molar-refractivity contribution in [2.75, 3.05) is 18.6 Å². The van der Waals surface area contributed by atoms with Crippen molar-refractivity contribution in [3.8, 4) is 5.88 Å². The quantitative estimate of drug-likeness (QED) is 0.524. The topological polar surface area (TPSA) is 55.6 Å². The summed E-state index contributed by atoms with van der Waals surface area (Å²) in [6, 6.07) is 7.77. The van der Waals surface area contributed by atoms with Gasteiger partial charge in [0, 0.05) is 24.2 Å². The molecule has 6 nitrogen and oxygen atoms in total. The van der Waals surface area contributed by atoms with Gasteiger partial charge in [-0.3, -0.25) is 0 Å². The molecule has 0 saturated carbocycles. The molecule has 3 aromatic heterocycles. The number of hydrogen-bond acceptors (Lipinski definition) is 5. The van der Waals surface area contributed by atoms with E-state index in [0.29, 0.717) is 28.4 Å². The number of rotatable bonds is 3. The molecule has 0 radical (unpaired) electrons. The SMILES string of the molecule is COc1ccc2c(n1)nn1ccc(N3C[C@@H](F)C[C@@H]3c3cc(F)ccc3F)nc21. The van der Waals surface area contributed by atoms with E-state index >= 15 is 0 Å². The molecule has 0 amide bonds. The van der Waals surface area contributed by atoms with Gasteiger partial charge >= 0.3 is 0 Å². The molecule has 4 aromatic rings. The maximum atomic E-state index is 14.4. The van der Waals surface area contributed by atoms with E-state index in [1.807, 2.05) is 0 Å². The van der Waals surface area contributed by atoms with E-state index in [2.05, 4.69) is 15.1 Å². The summed E-state index contributed by atoms with van der Waals surface area (Å²) in [4.78, 5) is 10.6. The van der Waals surface area contributed by atoms with Gasteiger partial charge in [0.25, 0.3) is 0 Å². The van der Waals surface area contributed by atoms with Gasteiger partial charge < -0.3 is 9.64 Å². The van der Waals surface area contributed by atoms with Gasteiger partial charge in [0.1, 0.15) is 23.6 Å². The molecule has 5 rings (SSSR count). The van der Waals surface area contributed by atoms with E-state index in [1.165, 1.54) is 7.11 Å². The van der Waals surface area contributed by atoms with Crippen molar-refractivity contribution in [1.29, 1.82) is 0 Å². The molecule has 0 aliphatic carbocycles. The lowest BCUT2D eigenvalue weighted by molar-refractivity contribution is 0.355. The molecular weight excluding hydrogens is 383 g/mol. The van der Waals surface area contributed by atoms with Crippen LogP contribution in [0, 0.1) is 11.6 Å². The predicted molar refractivity (Wildman–Crippen MR) is 101 cm³/mol. The van der Waals surface area contributed by atoms with E-state index in [4.69, 9.17) is 4.74 Å². The zero-order valence-electron chi connectivity index (χ0n) is 15.4. The van der Waals surface area contributed by atoms with Gasteiger partial charge in [-0.15, -0.1) is 5.10 Å². The van der Waals surface area contributed by atoms with Gasteiger partial charge in [0.05, 0.1) is 25.1 Å². The van der Waals surface area contributed by atoms with E-state index in [-0.39, 0.29) is 18.5 Å². The fraction of sp³-hybridized carbons (Fsp3) is 0.250. The molecule has 1 saturated heterocycles. The van der Waals surface area contributed by atoms with Crippen molar-refractivity contribution in [2.24, 2.45) is 0 Å². The summed E-state index contributed by atoms with van der Waals surface area (Å²) in [5, 5.41) is 5.08. The lowest BCUT2D eigenvalue weighted by Crippen LogP contribution is -2.25. The molecule has 1 aromatic carbocycles. The molecule has 9 heteroatoms. The summed E-state index contributed by atoms with van der Waals surface area (Å²) < 4.78 is 49.0. The number of alkyl halides is 1. The minimum Gasteiger partial charge on any atom is -0.481 e. The van der Waals surface area contributed by atoms with Gasteiger partial charge in [-0.2, -0.15) is 4.98 Å². The number of fused-ring (bicyclic) bond motifs is 3. The molecule has 0 unspecified atom stereocenters. The number of halogens is 3. The molecule has 2 atom stereocenters. The third-order valence-corrected chi connectivity index (χ3v) is 5.17. The fourth-order valence-electron chi connectivity index (χ4n) is 3.83. The average Bonchev–Trinajstić information content (AvgIpc) is 3.28. The smallest absolute Gasteiger partial charge is 0.215 e. The number of nitrogens with zero attached hydrogens (tertiary/aromatic N) is 5. The van der Waals surface area contributed by atoms with Gasteiger partial charge in [-0.05, 0) is 30.3 Å². The van der Waals surface area contributed by atoms with Crippen LogP contribution in [0.5, 0.6) is 5.88 Å². The van der Waals surface area contributed by atoms with E-state index in [9.17, 15) is 13.2 Å².